The second-order valence-electron chi connectivity index (χ2n) is 7.99. The molecule has 0 saturated carbocycles. The van der Waals surface area contributed by atoms with Crippen LogP contribution in [0.15, 0.2) is 66.7 Å². The van der Waals surface area contributed by atoms with Gasteiger partial charge in [0.15, 0.2) is 11.6 Å². The van der Waals surface area contributed by atoms with E-state index in [4.69, 9.17) is 44.5 Å². The predicted octanol–water partition coefficient (Wildman–Crippen LogP) is 7.44. The van der Waals surface area contributed by atoms with Crippen molar-refractivity contribution in [1.29, 1.82) is 0 Å². The van der Waals surface area contributed by atoms with Gasteiger partial charge >= 0.3 is 0 Å². The number of carbonyl (C=O) groups excluding carboxylic acids is 1. The van der Waals surface area contributed by atoms with Gasteiger partial charge < -0.3 is 4.74 Å². The highest BCUT2D eigenvalue weighted by molar-refractivity contribution is 6.36. The summed E-state index contributed by atoms with van der Waals surface area (Å²) in [6, 6.07) is 17.1. The zero-order chi connectivity index (χ0) is 26.7. The summed E-state index contributed by atoms with van der Waals surface area (Å²) in [6.45, 7) is -0.165. The molecule has 0 aliphatic carbocycles. The molecular weight excluding hydrogens is 543 g/mol. The SMILES string of the molecule is CNN(C)C(=O)c1cc(-c2ccc(Cl)cc2)c(-c2ccc(Cl)cc2Cl)nc1OCc1ccc(F)c(F)c1. The smallest absolute Gasteiger partial charge is 0.273 e. The highest BCUT2D eigenvalue weighted by atomic mass is 35.5. The third-order valence-electron chi connectivity index (χ3n) is 5.56. The lowest BCUT2D eigenvalue weighted by molar-refractivity contribution is 0.0729. The van der Waals surface area contributed by atoms with Gasteiger partial charge in [0.05, 0.1) is 10.7 Å². The van der Waals surface area contributed by atoms with Gasteiger partial charge in [0, 0.05) is 35.3 Å². The van der Waals surface area contributed by atoms with Gasteiger partial charge in [-0.15, -0.1) is 0 Å². The Kier molecular flexibility index (Phi) is 8.29. The number of hydrazine groups is 1. The molecule has 0 unspecified atom stereocenters. The summed E-state index contributed by atoms with van der Waals surface area (Å²) in [5.41, 5.74) is 5.55. The zero-order valence-electron chi connectivity index (χ0n) is 19.7. The number of pyridine rings is 1. The number of aromatic nitrogens is 1. The van der Waals surface area contributed by atoms with Gasteiger partial charge in [-0.2, -0.15) is 0 Å². The van der Waals surface area contributed by atoms with Gasteiger partial charge in [-0.3, -0.25) is 9.80 Å². The Morgan fingerprint density at radius 3 is 2.27 bits per heavy atom. The molecule has 1 N–H and O–H groups in total. The highest BCUT2D eigenvalue weighted by Crippen LogP contribution is 2.39. The van der Waals surface area contributed by atoms with Crippen molar-refractivity contribution in [3.05, 3.63) is 105 Å². The van der Waals surface area contributed by atoms with Gasteiger partial charge in [0.1, 0.15) is 12.2 Å². The first-order chi connectivity index (χ1) is 17.7. The number of hydrogen-bond acceptors (Lipinski definition) is 4. The fourth-order valence-corrected chi connectivity index (χ4v) is 4.18. The summed E-state index contributed by atoms with van der Waals surface area (Å²) in [5.74, 6) is -2.43. The van der Waals surface area contributed by atoms with E-state index in [1.807, 2.05) is 0 Å². The van der Waals surface area contributed by atoms with E-state index in [0.717, 1.165) is 17.7 Å². The normalized spacial score (nSPS) is 10.9. The van der Waals surface area contributed by atoms with Crippen LogP contribution >= 0.6 is 34.8 Å². The maximum Gasteiger partial charge on any atom is 0.273 e. The topological polar surface area (TPSA) is 54.5 Å². The highest BCUT2D eigenvalue weighted by Gasteiger charge is 2.24. The minimum Gasteiger partial charge on any atom is -0.472 e. The van der Waals surface area contributed by atoms with E-state index in [-0.39, 0.29) is 18.1 Å². The molecule has 0 spiro atoms. The van der Waals surface area contributed by atoms with Gasteiger partial charge in [-0.1, -0.05) is 53.0 Å². The van der Waals surface area contributed by atoms with Crippen LogP contribution in [0, 0.1) is 11.6 Å². The number of benzene rings is 3. The van der Waals surface area contributed by atoms with E-state index >= 15 is 0 Å². The number of ether oxygens (including phenoxy) is 1. The summed E-state index contributed by atoms with van der Waals surface area (Å²) >= 11 is 18.7. The van der Waals surface area contributed by atoms with Crippen molar-refractivity contribution >= 4 is 40.7 Å². The lowest BCUT2D eigenvalue weighted by Crippen LogP contribution is -2.37. The summed E-state index contributed by atoms with van der Waals surface area (Å²) in [7, 11) is 3.14. The minimum absolute atomic E-state index is 0.0180. The fourth-order valence-electron chi connectivity index (χ4n) is 3.56. The maximum atomic E-state index is 13.7. The first kappa shape index (κ1) is 26.8. The van der Waals surface area contributed by atoms with Gasteiger partial charge in [-0.05, 0) is 59.7 Å². The van der Waals surface area contributed by atoms with Crippen molar-refractivity contribution in [3.8, 4) is 28.3 Å². The molecule has 3 aromatic carbocycles. The third kappa shape index (κ3) is 6.02. The number of hydrogen-bond donors (Lipinski definition) is 1. The van der Waals surface area contributed by atoms with Crippen molar-refractivity contribution < 1.29 is 18.3 Å². The molecule has 5 nitrogen and oxygen atoms in total. The van der Waals surface area contributed by atoms with Crippen molar-refractivity contribution in [2.24, 2.45) is 0 Å². The van der Waals surface area contributed by atoms with E-state index < -0.39 is 17.5 Å². The molecule has 0 saturated heterocycles. The molecule has 0 bridgehead atoms. The number of amides is 1. The Bertz CT molecular complexity index is 1470. The van der Waals surface area contributed by atoms with E-state index in [2.05, 4.69) is 5.43 Å². The monoisotopic (exact) mass is 561 g/mol. The molecule has 190 valence electrons. The second kappa shape index (κ2) is 11.4. The lowest BCUT2D eigenvalue weighted by Gasteiger charge is -2.20. The Balaban J connectivity index is 1.91. The minimum atomic E-state index is -1.01. The van der Waals surface area contributed by atoms with Crippen LogP contribution in [0.2, 0.25) is 15.1 Å². The van der Waals surface area contributed by atoms with Crippen LogP contribution < -0.4 is 10.2 Å². The summed E-state index contributed by atoms with van der Waals surface area (Å²) < 4.78 is 33.0. The van der Waals surface area contributed by atoms with Crippen molar-refractivity contribution in [1.82, 2.24) is 15.4 Å². The van der Waals surface area contributed by atoms with Crippen LogP contribution in [0.4, 0.5) is 8.78 Å². The van der Waals surface area contributed by atoms with Crippen LogP contribution in [-0.2, 0) is 6.61 Å². The maximum absolute atomic E-state index is 13.7. The van der Waals surface area contributed by atoms with E-state index in [0.29, 0.717) is 37.5 Å². The Morgan fingerprint density at radius 2 is 1.62 bits per heavy atom. The van der Waals surface area contributed by atoms with Crippen LogP contribution in [-0.4, -0.2) is 30.0 Å². The molecule has 0 aliphatic heterocycles. The zero-order valence-corrected chi connectivity index (χ0v) is 21.9. The number of nitrogens with zero attached hydrogens (tertiary/aromatic N) is 2. The molecule has 4 aromatic rings. The molecule has 1 aromatic heterocycles. The molecule has 0 fully saturated rings. The largest absolute Gasteiger partial charge is 0.472 e. The average molecular weight is 563 g/mol. The summed E-state index contributed by atoms with van der Waals surface area (Å²) in [4.78, 5) is 18.0. The molecule has 4 rings (SSSR count). The van der Waals surface area contributed by atoms with Crippen LogP contribution in [0.1, 0.15) is 15.9 Å². The molecule has 0 radical (unpaired) electrons. The number of nitrogens with one attached hydrogen (secondary N) is 1. The van der Waals surface area contributed by atoms with Crippen molar-refractivity contribution in [2.75, 3.05) is 14.1 Å². The van der Waals surface area contributed by atoms with Crippen LogP contribution in [0.25, 0.3) is 22.4 Å². The molecule has 0 atom stereocenters. The Labute approximate surface area is 227 Å². The second-order valence-corrected chi connectivity index (χ2v) is 9.27. The van der Waals surface area contributed by atoms with Gasteiger partial charge in [0.2, 0.25) is 5.88 Å². The number of halogens is 5. The van der Waals surface area contributed by atoms with Crippen LogP contribution in [0.3, 0.4) is 0 Å². The quantitative estimate of drug-likeness (QED) is 0.238. The molecular formula is C27H20Cl3F2N3O2. The Hall–Kier alpha value is -3.23. The van der Waals surface area contributed by atoms with Crippen molar-refractivity contribution in [3.63, 3.8) is 0 Å². The average Bonchev–Trinajstić information content (AvgIpc) is 2.88. The first-order valence-electron chi connectivity index (χ1n) is 11.0. The fraction of sp³-hybridized carbons (Fsp3) is 0.111. The Morgan fingerprint density at radius 1 is 0.919 bits per heavy atom. The third-order valence-corrected chi connectivity index (χ3v) is 6.36. The van der Waals surface area contributed by atoms with Gasteiger partial charge in [0.25, 0.3) is 5.91 Å². The van der Waals surface area contributed by atoms with Crippen LogP contribution in [0.5, 0.6) is 5.88 Å². The first-order valence-corrected chi connectivity index (χ1v) is 12.1. The van der Waals surface area contributed by atoms with Gasteiger partial charge in [-0.25, -0.2) is 19.2 Å². The van der Waals surface area contributed by atoms with E-state index in [1.165, 1.54) is 11.1 Å². The number of carbonyl (C=O) groups is 1. The summed E-state index contributed by atoms with van der Waals surface area (Å²) in [5, 5.41) is 2.59. The van der Waals surface area contributed by atoms with Crippen molar-refractivity contribution in [2.45, 2.75) is 6.61 Å². The number of rotatable bonds is 7. The summed E-state index contributed by atoms with van der Waals surface area (Å²) in [6.07, 6.45) is 0. The van der Waals surface area contributed by atoms with E-state index in [1.54, 1.807) is 62.6 Å². The standard InChI is InChI=1S/C27H20Cl3F2N3O2/c1-33-35(2)27(36)21-13-20(16-4-6-17(28)7-5-16)25(19-9-8-18(29)12-22(19)30)34-26(21)37-14-15-3-10-23(31)24(32)11-15/h3-13,33H,14H2,1-2H3. The predicted molar refractivity (Wildman–Crippen MR) is 142 cm³/mol. The molecule has 1 amide bonds. The van der Waals surface area contributed by atoms with E-state index in [9.17, 15) is 13.6 Å². The molecule has 10 heteroatoms. The lowest BCUT2D eigenvalue weighted by atomic mass is 9.97. The molecule has 0 aliphatic rings. The molecule has 37 heavy (non-hydrogen) atoms. The molecule has 1 heterocycles.